The van der Waals surface area contributed by atoms with Crippen LogP contribution >= 0.6 is 0 Å². The summed E-state index contributed by atoms with van der Waals surface area (Å²) < 4.78 is 28.3. The molecule has 1 saturated heterocycles. The number of ether oxygens (including phenoxy) is 5. The van der Waals surface area contributed by atoms with Crippen molar-refractivity contribution in [3.63, 3.8) is 0 Å². The van der Waals surface area contributed by atoms with E-state index in [1.165, 1.54) is 0 Å². The van der Waals surface area contributed by atoms with E-state index in [0.29, 0.717) is 44.7 Å². The molecular formula is C24H26N2O5. The third-order valence-corrected chi connectivity index (χ3v) is 4.90. The Morgan fingerprint density at radius 3 is 2.71 bits per heavy atom. The van der Waals surface area contributed by atoms with Crippen molar-refractivity contribution in [2.45, 2.75) is 19.6 Å². The predicted molar refractivity (Wildman–Crippen MR) is 116 cm³/mol. The van der Waals surface area contributed by atoms with Crippen molar-refractivity contribution in [3.8, 4) is 28.6 Å². The first-order valence-corrected chi connectivity index (χ1v) is 10.2. The van der Waals surface area contributed by atoms with Gasteiger partial charge in [0.25, 0.3) is 0 Å². The molecule has 1 unspecified atom stereocenters. The van der Waals surface area contributed by atoms with Gasteiger partial charge >= 0.3 is 0 Å². The van der Waals surface area contributed by atoms with E-state index < -0.39 is 0 Å². The molecule has 7 heteroatoms. The molecule has 3 heterocycles. The van der Waals surface area contributed by atoms with E-state index in [0.717, 1.165) is 28.3 Å². The van der Waals surface area contributed by atoms with Gasteiger partial charge in [0, 0.05) is 23.9 Å². The summed E-state index contributed by atoms with van der Waals surface area (Å²) in [5.41, 5.74) is 3.66. The van der Waals surface area contributed by atoms with Crippen LogP contribution in [0.3, 0.4) is 0 Å². The lowest BCUT2D eigenvalue weighted by Gasteiger charge is -2.22. The molecule has 2 aromatic heterocycles. The molecule has 1 fully saturated rings. The summed E-state index contributed by atoms with van der Waals surface area (Å²) in [5.74, 6) is 1.94. The lowest BCUT2D eigenvalue weighted by Crippen LogP contribution is -2.33. The van der Waals surface area contributed by atoms with E-state index in [1.54, 1.807) is 19.4 Å². The van der Waals surface area contributed by atoms with Gasteiger partial charge in [0.1, 0.15) is 30.8 Å². The van der Waals surface area contributed by atoms with Gasteiger partial charge in [-0.25, -0.2) is 4.98 Å². The average Bonchev–Trinajstić information content (AvgIpc) is 2.82. The van der Waals surface area contributed by atoms with Crippen LogP contribution in [0.5, 0.6) is 17.4 Å². The summed E-state index contributed by atoms with van der Waals surface area (Å²) in [5, 5.41) is 0. The number of nitrogens with zero attached hydrogens (tertiary/aromatic N) is 2. The molecule has 1 aromatic carbocycles. The molecule has 0 spiro atoms. The number of benzene rings is 1. The van der Waals surface area contributed by atoms with Gasteiger partial charge in [0.2, 0.25) is 5.88 Å². The fourth-order valence-corrected chi connectivity index (χ4v) is 3.28. The van der Waals surface area contributed by atoms with Gasteiger partial charge in [-0.15, -0.1) is 0 Å². The van der Waals surface area contributed by atoms with Crippen LogP contribution in [-0.2, 0) is 16.1 Å². The predicted octanol–water partition coefficient (Wildman–Crippen LogP) is 3.83. The fraction of sp³-hybridized carbons (Fsp3) is 0.333. The molecule has 0 aliphatic carbocycles. The van der Waals surface area contributed by atoms with Crippen molar-refractivity contribution in [1.82, 2.24) is 9.97 Å². The molecular weight excluding hydrogens is 396 g/mol. The number of methoxy groups -OCH3 is 1. The molecule has 4 rings (SSSR count). The number of hydrogen-bond donors (Lipinski definition) is 0. The zero-order valence-corrected chi connectivity index (χ0v) is 17.7. The lowest BCUT2D eigenvalue weighted by molar-refractivity contribution is -0.102. The standard InChI is InChI=1S/C24H26N2O5/c1-17-11-19(30-14-18-5-3-4-8-25-18)6-7-22(17)23-12-20(27-2)13-24(26-23)31-16-21-15-28-9-10-29-21/h3-8,11-13,21H,9-10,14-16H2,1-2H3. The first-order valence-electron chi connectivity index (χ1n) is 10.2. The van der Waals surface area contributed by atoms with Gasteiger partial charge in [0.15, 0.2) is 0 Å². The lowest BCUT2D eigenvalue weighted by atomic mass is 10.0. The highest BCUT2D eigenvalue weighted by molar-refractivity contribution is 5.66. The fourth-order valence-electron chi connectivity index (χ4n) is 3.28. The van der Waals surface area contributed by atoms with Crippen molar-refractivity contribution in [3.05, 3.63) is 66.0 Å². The van der Waals surface area contributed by atoms with Crippen molar-refractivity contribution >= 4 is 0 Å². The second-order valence-corrected chi connectivity index (χ2v) is 7.20. The number of rotatable bonds is 8. The van der Waals surface area contributed by atoms with Crippen LogP contribution in [0.2, 0.25) is 0 Å². The molecule has 0 saturated carbocycles. The average molecular weight is 422 g/mol. The maximum atomic E-state index is 5.88. The maximum Gasteiger partial charge on any atom is 0.217 e. The quantitative estimate of drug-likeness (QED) is 0.546. The van der Waals surface area contributed by atoms with Gasteiger partial charge in [-0.1, -0.05) is 6.07 Å². The summed E-state index contributed by atoms with van der Waals surface area (Å²) in [4.78, 5) is 8.95. The number of aryl methyl sites for hydroxylation is 1. The summed E-state index contributed by atoms with van der Waals surface area (Å²) in [6, 6.07) is 15.4. The van der Waals surface area contributed by atoms with Gasteiger partial charge in [-0.2, -0.15) is 0 Å². The van der Waals surface area contributed by atoms with Crippen LogP contribution in [0.1, 0.15) is 11.3 Å². The van der Waals surface area contributed by atoms with Crippen LogP contribution in [-0.4, -0.2) is 49.6 Å². The second kappa shape index (κ2) is 10.2. The highest BCUT2D eigenvalue weighted by atomic mass is 16.6. The molecule has 0 bridgehead atoms. The van der Waals surface area contributed by atoms with Gasteiger partial charge in [0.05, 0.1) is 38.3 Å². The monoisotopic (exact) mass is 422 g/mol. The molecule has 3 aromatic rings. The van der Waals surface area contributed by atoms with Gasteiger partial charge in [-0.05, 0) is 42.8 Å². The van der Waals surface area contributed by atoms with Crippen LogP contribution in [0.15, 0.2) is 54.7 Å². The second-order valence-electron chi connectivity index (χ2n) is 7.20. The Morgan fingerprint density at radius 1 is 1.03 bits per heavy atom. The molecule has 0 amide bonds. The first kappa shape index (κ1) is 21.1. The summed E-state index contributed by atoms with van der Waals surface area (Å²) in [6.45, 7) is 4.55. The summed E-state index contributed by atoms with van der Waals surface area (Å²) in [6.07, 6.45) is 1.66. The van der Waals surface area contributed by atoms with Gasteiger partial charge < -0.3 is 23.7 Å². The van der Waals surface area contributed by atoms with Crippen LogP contribution in [0.4, 0.5) is 0 Å². The molecule has 31 heavy (non-hydrogen) atoms. The Kier molecular flexibility index (Phi) is 6.96. The Bertz CT molecular complexity index is 991. The Balaban J connectivity index is 1.48. The Hall–Kier alpha value is -3.16. The van der Waals surface area contributed by atoms with Crippen molar-refractivity contribution < 1.29 is 23.7 Å². The maximum absolute atomic E-state index is 5.88. The zero-order chi connectivity index (χ0) is 21.5. The molecule has 0 radical (unpaired) electrons. The van der Waals surface area contributed by atoms with Gasteiger partial charge in [-0.3, -0.25) is 4.98 Å². The van der Waals surface area contributed by atoms with E-state index in [4.69, 9.17) is 23.7 Å². The molecule has 1 aliphatic heterocycles. The van der Waals surface area contributed by atoms with E-state index >= 15 is 0 Å². The SMILES string of the molecule is COc1cc(OCC2COCCO2)nc(-c2ccc(OCc3ccccn3)cc2C)c1. The zero-order valence-electron chi connectivity index (χ0n) is 17.7. The molecule has 162 valence electrons. The molecule has 1 aliphatic rings. The Labute approximate surface area is 181 Å². The van der Waals surface area contributed by atoms with Crippen molar-refractivity contribution in [2.75, 3.05) is 33.5 Å². The van der Waals surface area contributed by atoms with E-state index in [1.807, 2.05) is 49.4 Å². The van der Waals surface area contributed by atoms with E-state index in [9.17, 15) is 0 Å². The first-order chi connectivity index (χ1) is 15.2. The minimum Gasteiger partial charge on any atom is -0.496 e. The van der Waals surface area contributed by atoms with Crippen molar-refractivity contribution in [2.24, 2.45) is 0 Å². The number of aromatic nitrogens is 2. The highest BCUT2D eigenvalue weighted by Crippen LogP contribution is 2.30. The van der Waals surface area contributed by atoms with Crippen molar-refractivity contribution in [1.29, 1.82) is 0 Å². The van der Waals surface area contributed by atoms with E-state index in [2.05, 4.69) is 9.97 Å². The summed E-state index contributed by atoms with van der Waals surface area (Å²) in [7, 11) is 1.63. The largest absolute Gasteiger partial charge is 0.496 e. The smallest absolute Gasteiger partial charge is 0.217 e. The molecule has 0 N–H and O–H groups in total. The molecule has 1 atom stereocenters. The summed E-state index contributed by atoms with van der Waals surface area (Å²) >= 11 is 0. The van der Waals surface area contributed by atoms with Crippen LogP contribution < -0.4 is 14.2 Å². The highest BCUT2D eigenvalue weighted by Gasteiger charge is 2.16. The number of pyridine rings is 2. The Morgan fingerprint density at radius 2 is 1.97 bits per heavy atom. The third-order valence-electron chi connectivity index (χ3n) is 4.90. The normalized spacial score (nSPS) is 16.0. The molecule has 7 nitrogen and oxygen atoms in total. The minimum atomic E-state index is -0.0949. The minimum absolute atomic E-state index is 0.0949. The van der Waals surface area contributed by atoms with Crippen LogP contribution in [0.25, 0.3) is 11.3 Å². The van der Waals surface area contributed by atoms with E-state index in [-0.39, 0.29) is 6.10 Å². The number of hydrogen-bond acceptors (Lipinski definition) is 7. The third kappa shape index (κ3) is 5.71. The van der Waals surface area contributed by atoms with Crippen LogP contribution in [0, 0.1) is 6.92 Å². The topological polar surface area (TPSA) is 71.9 Å².